The summed E-state index contributed by atoms with van der Waals surface area (Å²) in [7, 11) is -4.43. The fourth-order valence-corrected chi connectivity index (χ4v) is 5.58. The first-order valence-electron chi connectivity index (χ1n) is 21.1. The van der Waals surface area contributed by atoms with Gasteiger partial charge < -0.3 is 25.2 Å². The number of esters is 2. The second kappa shape index (κ2) is 41.5. The number of ether oxygens (including phenoxy) is 2. The molecule has 0 bridgehead atoms. The number of hydrogen-bond donors (Lipinski definition) is 3. The molecule has 0 fully saturated rings. The van der Waals surface area contributed by atoms with Gasteiger partial charge in [-0.15, -0.1) is 0 Å². The first-order chi connectivity index (χ1) is 28.2. The molecule has 0 heterocycles. The van der Waals surface area contributed by atoms with Crippen LogP contribution in [0.3, 0.4) is 0 Å². The maximum absolute atomic E-state index is 12.6. The second-order valence-electron chi connectivity index (χ2n) is 13.3. The summed E-state index contributed by atoms with van der Waals surface area (Å²) < 4.78 is 32.6. The van der Waals surface area contributed by atoms with E-state index in [0.717, 1.165) is 77.0 Å². The maximum Gasteiger partial charge on any atom is 0.472 e. The molecular weight excluding hydrogens is 753 g/mol. The third-order valence-corrected chi connectivity index (χ3v) is 8.93. The lowest BCUT2D eigenvalue weighted by Gasteiger charge is -2.19. The molecule has 1 unspecified atom stereocenters. The number of nitrogens with two attached hydrogens (primary N) is 1. The number of unbranched alkanes of at least 4 members (excludes halogenated alkanes) is 3. The van der Waals surface area contributed by atoms with Gasteiger partial charge in [0, 0.05) is 19.4 Å². The lowest BCUT2D eigenvalue weighted by Crippen LogP contribution is -2.29. The number of phosphoric ester groups is 1. The highest BCUT2D eigenvalue weighted by Crippen LogP contribution is 2.43. The van der Waals surface area contributed by atoms with Crippen LogP contribution in [0.25, 0.3) is 0 Å². The summed E-state index contributed by atoms with van der Waals surface area (Å²) >= 11 is 0. The molecule has 0 radical (unpaired) electrons. The van der Waals surface area contributed by atoms with E-state index in [0.29, 0.717) is 19.3 Å². The van der Waals surface area contributed by atoms with E-state index >= 15 is 0 Å². The molecule has 4 N–H and O–H groups in total. The molecule has 0 aliphatic heterocycles. The van der Waals surface area contributed by atoms with E-state index in [1.165, 1.54) is 0 Å². The van der Waals surface area contributed by atoms with Crippen molar-refractivity contribution >= 4 is 19.8 Å². The first kappa shape index (κ1) is 54.4. The van der Waals surface area contributed by atoms with Gasteiger partial charge in [-0.05, 0) is 77.0 Å². The molecule has 0 rings (SSSR count). The molecule has 0 amide bonds. The third-order valence-electron chi connectivity index (χ3n) is 7.95. The molecule has 326 valence electrons. The normalized spacial score (nSPS) is 15.1. The van der Waals surface area contributed by atoms with Gasteiger partial charge in [0.1, 0.15) is 6.61 Å². The molecule has 0 aliphatic rings. The Hall–Kier alpha value is -3.63. The van der Waals surface area contributed by atoms with Gasteiger partial charge in [0.05, 0.1) is 19.3 Å². The minimum absolute atomic E-state index is 0.0202. The van der Waals surface area contributed by atoms with Gasteiger partial charge in [-0.25, -0.2) is 4.57 Å². The zero-order chi connectivity index (χ0) is 42.6. The van der Waals surface area contributed by atoms with Crippen LogP contribution >= 0.6 is 7.82 Å². The molecule has 58 heavy (non-hydrogen) atoms. The van der Waals surface area contributed by atoms with Crippen LogP contribution in [0.1, 0.15) is 123 Å². The van der Waals surface area contributed by atoms with Gasteiger partial charge in [-0.2, -0.15) is 0 Å². The van der Waals surface area contributed by atoms with Gasteiger partial charge >= 0.3 is 19.8 Å². The van der Waals surface area contributed by atoms with Crippen LogP contribution in [0.4, 0.5) is 0 Å². The molecule has 0 saturated carbocycles. The van der Waals surface area contributed by atoms with Crippen molar-refractivity contribution in [2.75, 3.05) is 26.4 Å². The maximum atomic E-state index is 12.6. The number of rotatable bonds is 37. The molecule has 0 aliphatic carbocycles. The van der Waals surface area contributed by atoms with Crippen LogP contribution in [-0.2, 0) is 32.7 Å². The molecule has 0 aromatic carbocycles. The highest BCUT2D eigenvalue weighted by molar-refractivity contribution is 7.47. The molecule has 0 spiro atoms. The Labute approximate surface area is 350 Å². The topological polar surface area (TPSA) is 155 Å². The van der Waals surface area contributed by atoms with Gasteiger partial charge in [-0.1, -0.05) is 155 Å². The average Bonchev–Trinajstić information content (AvgIpc) is 3.20. The molecule has 0 aromatic rings. The number of aliphatic hydroxyl groups excluding tert-OH is 1. The van der Waals surface area contributed by atoms with Crippen LogP contribution in [0.15, 0.2) is 122 Å². The minimum atomic E-state index is -4.43. The summed E-state index contributed by atoms with van der Waals surface area (Å²) in [5, 5.41) is 9.89. The van der Waals surface area contributed by atoms with E-state index in [4.69, 9.17) is 24.3 Å². The van der Waals surface area contributed by atoms with E-state index < -0.39 is 32.5 Å². The Balaban J connectivity index is 4.46. The summed E-state index contributed by atoms with van der Waals surface area (Å²) in [6.07, 6.45) is 52.9. The monoisotopic (exact) mass is 828 g/mol. The fourth-order valence-electron chi connectivity index (χ4n) is 4.82. The number of aliphatic hydroxyl groups is 1. The molecule has 10 nitrogen and oxygen atoms in total. The zero-order valence-corrected chi connectivity index (χ0v) is 36.2. The summed E-state index contributed by atoms with van der Waals surface area (Å²) in [4.78, 5) is 34.8. The Morgan fingerprint density at radius 2 is 1.16 bits per heavy atom. The summed E-state index contributed by atoms with van der Waals surface area (Å²) in [6.45, 7) is 3.29. The summed E-state index contributed by atoms with van der Waals surface area (Å²) in [5.74, 6) is -1.03. The van der Waals surface area contributed by atoms with Gasteiger partial charge in [0.15, 0.2) is 6.10 Å². The SMILES string of the molecule is CC/C=C\C/C=C\C/C=C\C/C=C\C/C=C\C/C=C\CCC(=O)OC[C@H](COP(=O)(O)OCCN)OC(=O)CCC/C=C\C/C=C\C/C=C\C=C\[C@@H](O)CCCCC. The van der Waals surface area contributed by atoms with Crippen molar-refractivity contribution < 1.29 is 42.7 Å². The van der Waals surface area contributed by atoms with Crippen LogP contribution in [-0.4, -0.2) is 60.5 Å². The standard InChI is InChI=1S/C47H74NO9P/c1-3-5-7-8-9-10-11-12-13-14-15-16-17-18-21-24-27-30-34-38-46(50)54-42-45(43-56-58(52,53)55-41-40-48)57-47(51)39-35-31-28-25-22-19-20-23-26-29-33-37-44(49)36-32-6-4-2/h5,7,9-10,12-13,15-16,18-21,25-30,33,37,44-45,49H,3-4,6,8,11,14,17,22-24,31-32,34-36,38-43,48H2,1-2H3,(H,52,53)/b7-5-,10-9-,13-12-,16-15-,20-19-,21-18-,28-25-,29-26-,30-27-,37-33+/t44-,45+/m0/s1. The smallest absolute Gasteiger partial charge is 0.462 e. The first-order valence-corrected chi connectivity index (χ1v) is 22.6. The average molecular weight is 828 g/mol. The van der Waals surface area contributed by atoms with E-state index in [-0.39, 0.29) is 38.7 Å². The number of carbonyl (C=O) groups excluding carboxylic acids is 2. The summed E-state index contributed by atoms with van der Waals surface area (Å²) in [6, 6.07) is 0. The third kappa shape index (κ3) is 40.6. The van der Waals surface area contributed by atoms with Gasteiger partial charge in [0.2, 0.25) is 0 Å². The van der Waals surface area contributed by atoms with E-state index in [1.54, 1.807) is 0 Å². The minimum Gasteiger partial charge on any atom is -0.462 e. The zero-order valence-electron chi connectivity index (χ0n) is 35.3. The lowest BCUT2D eigenvalue weighted by molar-refractivity contribution is -0.161. The van der Waals surface area contributed by atoms with Crippen LogP contribution in [0.2, 0.25) is 0 Å². The van der Waals surface area contributed by atoms with Crippen LogP contribution < -0.4 is 5.73 Å². The molecule has 0 aromatic heterocycles. The highest BCUT2D eigenvalue weighted by atomic mass is 31.2. The Bertz CT molecular complexity index is 1370. The van der Waals surface area contributed by atoms with Crippen molar-refractivity contribution in [2.45, 2.75) is 135 Å². The van der Waals surface area contributed by atoms with Gasteiger partial charge in [-0.3, -0.25) is 18.6 Å². The Morgan fingerprint density at radius 1 is 0.621 bits per heavy atom. The van der Waals surface area contributed by atoms with Crippen LogP contribution in [0, 0.1) is 0 Å². The number of hydrogen-bond acceptors (Lipinski definition) is 9. The predicted molar refractivity (Wildman–Crippen MR) is 239 cm³/mol. The van der Waals surface area contributed by atoms with Crippen molar-refractivity contribution in [3.63, 3.8) is 0 Å². The van der Waals surface area contributed by atoms with Crippen LogP contribution in [0.5, 0.6) is 0 Å². The molecule has 11 heteroatoms. The molecule has 0 saturated heterocycles. The molecule has 3 atom stereocenters. The Kier molecular flexibility index (Phi) is 38.9. The fraction of sp³-hybridized carbons (Fsp3) is 0.532. The van der Waals surface area contributed by atoms with Crippen molar-refractivity contribution in [3.8, 4) is 0 Å². The second-order valence-corrected chi connectivity index (χ2v) is 14.8. The number of carbonyl (C=O) groups is 2. The quantitative estimate of drug-likeness (QED) is 0.0181. The number of allylic oxidation sites excluding steroid dienone is 19. The number of phosphoric acid groups is 1. The molecular formula is C47H74NO9P. The van der Waals surface area contributed by atoms with Crippen molar-refractivity contribution in [2.24, 2.45) is 5.73 Å². The summed E-state index contributed by atoms with van der Waals surface area (Å²) in [5.41, 5.74) is 5.33. The van der Waals surface area contributed by atoms with Crippen molar-refractivity contribution in [3.05, 3.63) is 122 Å². The van der Waals surface area contributed by atoms with Crippen molar-refractivity contribution in [1.82, 2.24) is 0 Å². The lowest BCUT2D eigenvalue weighted by atomic mass is 10.1. The van der Waals surface area contributed by atoms with Gasteiger partial charge in [0.25, 0.3) is 0 Å². The van der Waals surface area contributed by atoms with E-state index in [9.17, 15) is 24.2 Å². The highest BCUT2D eigenvalue weighted by Gasteiger charge is 2.25. The predicted octanol–water partition coefficient (Wildman–Crippen LogP) is 11.1. The largest absolute Gasteiger partial charge is 0.472 e. The van der Waals surface area contributed by atoms with E-state index in [2.05, 4.69) is 86.8 Å². The van der Waals surface area contributed by atoms with E-state index in [1.807, 2.05) is 48.6 Å². The van der Waals surface area contributed by atoms with Crippen molar-refractivity contribution in [1.29, 1.82) is 0 Å². The Morgan fingerprint density at radius 3 is 1.71 bits per heavy atom.